The number of amides is 1. The first kappa shape index (κ1) is 14.9. The van der Waals surface area contributed by atoms with Gasteiger partial charge in [-0.3, -0.25) is 4.79 Å². The zero-order chi connectivity index (χ0) is 14.9. The molecule has 5 heteroatoms. The molecule has 0 radical (unpaired) electrons. The summed E-state index contributed by atoms with van der Waals surface area (Å²) in [7, 11) is 0. The fourth-order valence-electron chi connectivity index (χ4n) is 2.00. The average molecular weight is 296 g/mol. The van der Waals surface area contributed by atoms with Gasteiger partial charge in [-0.05, 0) is 32.9 Å². The molecular weight excluding hydrogens is 278 g/mol. The molecular formula is C15H18ClNO3. The number of rotatable bonds is 2. The van der Waals surface area contributed by atoms with Gasteiger partial charge >= 0.3 is 6.09 Å². The minimum Gasteiger partial charge on any atom is -0.444 e. The summed E-state index contributed by atoms with van der Waals surface area (Å²) in [5.74, 6) is -0.145. The number of ether oxygens (including phenoxy) is 1. The van der Waals surface area contributed by atoms with E-state index in [-0.39, 0.29) is 17.8 Å². The molecule has 1 aliphatic heterocycles. The van der Waals surface area contributed by atoms with Crippen molar-refractivity contribution in [1.82, 2.24) is 4.90 Å². The molecule has 1 amide bonds. The van der Waals surface area contributed by atoms with Crippen molar-refractivity contribution in [2.45, 2.75) is 26.4 Å². The van der Waals surface area contributed by atoms with Gasteiger partial charge in [-0.2, -0.15) is 0 Å². The number of carbonyl (C=O) groups is 2. The molecule has 0 saturated carbocycles. The summed E-state index contributed by atoms with van der Waals surface area (Å²) in [6.07, 6.45) is -0.368. The second-order valence-electron chi connectivity index (χ2n) is 5.96. The highest BCUT2D eigenvalue weighted by atomic mass is 35.5. The van der Waals surface area contributed by atoms with Crippen LogP contribution in [0.15, 0.2) is 24.3 Å². The fraction of sp³-hybridized carbons (Fsp3) is 0.467. The Labute approximate surface area is 123 Å². The second kappa shape index (κ2) is 5.44. The third-order valence-corrected chi connectivity index (χ3v) is 3.25. The maximum absolute atomic E-state index is 12.2. The summed E-state index contributed by atoms with van der Waals surface area (Å²) < 4.78 is 5.25. The van der Waals surface area contributed by atoms with Crippen molar-refractivity contribution in [2.24, 2.45) is 5.92 Å². The maximum atomic E-state index is 12.2. The van der Waals surface area contributed by atoms with E-state index in [0.717, 1.165) is 0 Å². The van der Waals surface area contributed by atoms with Crippen molar-refractivity contribution in [3.8, 4) is 0 Å². The van der Waals surface area contributed by atoms with Crippen molar-refractivity contribution in [3.63, 3.8) is 0 Å². The molecule has 0 aromatic heterocycles. The Hall–Kier alpha value is -1.55. The molecule has 0 unspecified atom stereocenters. The summed E-state index contributed by atoms with van der Waals surface area (Å²) in [4.78, 5) is 25.5. The lowest BCUT2D eigenvalue weighted by molar-refractivity contribution is 0.00149. The molecule has 1 fully saturated rings. The van der Waals surface area contributed by atoms with Crippen LogP contribution in [-0.4, -0.2) is 35.5 Å². The number of halogens is 1. The minimum atomic E-state index is -0.515. The number of Topliss-reactive ketones (excluding diaryl/α,β-unsaturated/α-hetero) is 1. The molecule has 20 heavy (non-hydrogen) atoms. The molecule has 0 atom stereocenters. The summed E-state index contributed by atoms with van der Waals surface area (Å²) in [6, 6.07) is 6.87. The number of hydrogen-bond donors (Lipinski definition) is 0. The fourth-order valence-corrected chi connectivity index (χ4v) is 2.19. The largest absolute Gasteiger partial charge is 0.444 e. The van der Waals surface area contributed by atoms with E-state index in [4.69, 9.17) is 16.3 Å². The normalized spacial score (nSPS) is 15.7. The highest BCUT2D eigenvalue weighted by Crippen LogP contribution is 2.24. The smallest absolute Gasteiger partial charge is 0.410 e. The van der Waals surface area contributed by atoms with Gasteiger partial charge in [0.1, 0.15) is 5.60 Å². The van der Waals surface area contributed by atoms with Crippen LogP contribution in [0.3, 0.4) is 0 Å². The summed E-state index contributed by atoms with van der Waals surface area (Å²) in [5, 5.41) is 0.541. The number of ketones is 1. The number of likely N-dealkylation sites (tertiary alicyclic amines) is 1. The van der Waals surface area contributed by atoms with Crippen LogP contribution in [0.1, 0.15) is 31.1 Å². The zero-order valence-electron chi connectivity index (χ0n) is 11.9. The summed E-state index contributed by atoms with van der Waals surface area (Å²) in [5.41, 5.74) is 0.0745. The van der Waals surface area contributed by atoms with E-state index in [1.54, 1.807) is 29.2 Å². The van der Waals surface area contributed by atoms with Crippen LogP contribution in [0.4, 0.5) is 4.79 Å². The van der Waals surface area contributed by atoms with Gasteiger partial charge in [0.2, 0.25) is 0 Å². The molecule has 0 aliphatic carbocycles. The second-order valence-corrected chi connectivity index (χ2v) is 6.39. The van der Waals surface area contributed by atoms with Crippen molar-refractivity contribution < 1.29 is 14.3 Å². The van der Waals surface area contributed by atoms with Crippen LogP contribution < -0.4 is 0 Å². The van der Waals surface area contributed by atoms with E-state index in [1.165, 1.54) is 0 Å². The molecule has 108 valence electrons. The first-order valence-electron chi connectivity index (χ1n) is 6.54. The molecule has 0 spiro atoms. The Balaban J connectivity index is 1.90. The van der Waals surface area contributed by atoms with E-state index in [9.17, 15) is 9.59 Å². The van der Waals surface area contributed by atoms with Gasteiger partial charge in [0.05, 0.1) is 5.92 Å². The van der Waals surface area contributed by atoms with Gasteiger partial charge in [0.25, 0.3) is 0 Å². The van der Waals surface area contributed by atoms with Crippen LogP contribution in [-0.2, 0) is 4.74 Å². The summed E-state index contributed by atoms with van der Waals surface area (Å²) in [6.45, 7) is 6.26. The standard InChI is InChI=1S/C15H18ClNO3/c1-15(2,3)20-14(19)17-8-11(9-17)13(18)10-5-4-6-12(16)7-10/h4-7,11H,8-9H2,1-3H3. The molecule has 2 rings (SSSR count). The Kier molecular flexibility index (Phi) is 4.04. The SMILES string of the molecule is CC(C)(C)OC(=O)N1CC(C(=O)c2cccc(Cl)c2)C1. The third kappa shape index (κ3) is 3.51. The molecule has 1 aromatic rings. The number of carbonyl (C=O) groups excluding carboxylic acids is 2. The molecule has 1 aromatic carbocycles. The lowest BCUT2D eigenvalue weighted by atomic mass is 9.91. The summed E-state index contributed by atoms with van der Waals surface area (Å²) >= 11 is 5.87. The minimum absolute atomic E-state index is 0.0207. The Morgan fingerprint density at radius 1 is 1.30 bits per heavy atom. The number of benzene rings is 1. The number of hydrogen-bond acceptors (Lipinski definition) is 3. The maximum Gasteiger partial charge on any atom is 0.410 e. The molecule has 4 nitrogen and oxygen atoms in total. The van der Waals surface area contributed by atoms with Gasteiger partial charge in [0, 0.05) is 23.7 Å². The van der Waals surface area contributed by atoms with Crippen LogP contribution in [0.5, 0.6) is 0 Å². The van der Waals surface area contributed by atoms with E-state index < -0.39 is 5.60 Å². The zero-order valence-corrected chi connectivity index (χ0v) is 12.6. The molecule has 0 N–H and O–H groups in total. The number of nitrogens with zero attached hydrogens (tertiary/aromatic N) is 1. The highest BCUT2D eigenvalue weighted by Gasteiger charge is 2.38. The van der Waals surface area contributed by atoms with Gasteiger partial charge in [-0.25, -0.2) is 4.79 Å². The molecule has 0 bridgehead atoms. The predicted molar refractivity (Wildman–Crippen MR) is 77.1 cm³/mol. The predicted octanol–water partition coefficient (Wildman–Crippen LogP) is 3.39. The Morgan fingerprint density at radius 2 is 1.95 bits per heavy atom. The van der Waals surface area contributed by atoms with Crippen molar-refractivity contribution in [1.29, 1.82) is 0 Å². The highest BCUT2D eigenvalue weighted by molar-refractivity contribution is 6.31. The first-order valence-corrected chi connectivity index (χ1v) is 6.92. The molecule has 1 aliphatic rings. The van der Waals surface area contributed by atoms with Crippen LogP contribution in [0.25, 0.3) is 0 Å². The Morgan fingerprint density at radius 3 is 2.50 bits per heavy atom. The molecule has 1 saturated heterocycles. The first-order chi connectivity index (χ1) is 9.26. The van der Waals surface area contributed by atoms with Gasteiger partial charge in [-0.1, -0.05) is 23.7 Å². The van der Waals surface area contributed by atoms with Crippen LogP contribution >= 0.6 is 11.6 Å². The van der Waals surface area contributed by atoms with Gasteiger partial charge < -0.3 is 9.64 Å². The van der Waals surface area contributed by atoms with Crippen molar-refractivity contribution >= 4 is 23.5 Å². The lowest BCUT2D eigenvalue weighted by Gasteiger charge is -2.38. The molecule has 1 heterocycles. The lowest BCUT2D eigenvalue weighted by Crippen LogP contribution is -2.54. The quantitative estimate of drug-likeness (QED) is 0.786. The Bertz CT molecular complexity index is 530. The topological polar surface area (TPSA) is 46.6 Å². The van der Waals surface area contributed by atoms with Crippen molar-refractivity contribution in [2.75, 3.05) is 13.1 Å². The van der Waals surface area contributed by atoms with E-state index in [2.05, 4.69) is 0 Å². The van der Waals surface area contributed by atoms with Gasteiger partial charge in [-0.15, -0.1) is 0 Å². The van der Waals surface area contributed by atoms with Gasteiger partial charge in [0.15, 0.2) is 5.78 Å². The van der Waals surface area contributed by atoms with E-state index in [0.29, 0.717) is 23.7 Å². The monoisotopic (exact) mass is 295 g/mol. The van der Waals surface area contributed by atoms with Crippen LogP contribution in [0, 0.1) is 5.92 Å². The van der Waals surface area contributed by atoms with E-state index in [1.807, 2.05) is 20.8 Å². The van der Waals surface area contributed by atoms with Crippen LogP contribution in [0.2, 0.25) is 5.02 Å². The van der Waals surface area contributed by atoms with Crippen molar-refractivity contribution in [3.05, 3.63) is 34.9 Å². The van der Waals surface area contributed by atoms with E-state index >= 15 is 0 Å². The average Bonchev–Trinajstić information content (AvgIpc) is 2.24. The third-order valence-electron chi connectivity index (χ3n) is 3.01.